The van der Waals surface area contributed by atoms with E-state index in [1.54, 1.807) is 19.1 Å². The van der Waals surface area contributed by atoms with Gasteiger partial charge in [-0.1, -0.05) is 23.2 Å². The molecule has 118 valence electrons. The summed E-state index contributed by atoms with van der Waals surface area (Å²) in [4.78, 5) is 2.25. The van der Waals surface area contributed by atoms with Gasteiger partial charge in [0.1, 0.15) is 11.9 Å². The minimum atomic E-state index is -0.400. The van der Waals surface area contributed by atoms with Crippen LogP contribution in [0.2, 0.25) is 10.0 Å². The van der Waals surface area contributed by atoms with Crippen molar-refractivity contribution in [2.24, 2.45) is 0 Å². The highest BCUT2D eigenvalue weighted by molar-refractivity contribution is 6.42. The number of piperidine rings is 1. The van der Waals surface area contributed by atoms with Crippen molar-refractivity contribution in [2.75, 3.05) is 20.1 Å². The van der Waals surface area contributed by atoms with Crippen molar-refractivity contribution in [1.82, 2.24) is 10.2 Å². The standard InChI is InChI=1S/C15H22Cl2N2O2/c1-10(20)15(18-2)19-7-5-11(6-8-19)21-12-3-4-13(16)14(17)9-12/h3-4,9-11,15,18,20H,5-8H2,1-2H3/t10-,15?/m1/s1. The van der Waals surface area contributed by atoms with Crippen LogP contribution in [-0.2, 0) is 0 Å². The van der Waals surface area contributed by atoms with Gasteiger partial charge in [0, 0.05) is 19.2 Å². The number of ether oxygens (including phenoxy) is 1. The van der Waals surface area contributed by atoms with Crippen LogP contribution in [0.4, 0.5) is 0 Å². The number of nitrogens with zero attached hydrogens (tertiary/aromatic N) is 1. The number of likely N-dealkylation sites (tertiary alicyclic amines) is 1. The van der Waals surface area contributed by atoms with Crippen LogP contribution in [0.1, 0.15) is 19.8 Å². The molecule has 1 saturated heterocycles. The van der Waals surface area contributed by atoms with E-state index in [1.807, 2.05) is 13.1 Å². The van der Waals surface area contributed by atoms with Crippen molar-refractivity contribution >= 4 is 23.2 Å². The number of nitrogens with one attached hydrogen (secondary N) is 1. The monoisotopic (exact) mass is 332 g/mol. The molecule has 21 heavy (non-hydrogen) atoms. The van der Waals surface area contributed by atoms with E-state index in [0.717, 1.165) is 31.7 Å². The van der Waals surface area contributed by atoms with Crippen molar-refractivity contribution in [3.05, 3.63) is 28.2 Å². The highest BCUT2D eigenvalue weighted by Crippen LogP contribution is 2.28. The van der Waals surface area contributed by atoms with Gasteiger partial charge in [0.2, 0.25) is 0 Å². The van der Waals surface area contributed by atoms with E-state index in [1.165, 1.54) is 0 Å². The summed E-state index contributed by atoms with van der Waals surface area (Å²) >= 11 is 11.9. The molecule has 0 aliphatic carbocycles. The topological polar surface area (TPSA) is 44.7 Å². The van der Waals surface area contributed by atoms with Gasteiger partial charge in [-0.05, 0) is 38.9 Å². The van der Waals surface area contributed by atoms with Gasteiger partial charge in [0.05, 0.1) is 22.3 Å². The molecule has 6 heteroatoms. The van der Waals surface area contributed by atoms with Gasteiger partial charge < -0.3 is 15.2 Å². The summed E-state index contributed by atoms with van der Waals surface area (Å²) in [5.41, 5.74) is 0. The van der Waals surface area contributed by atoms with Crippen molar-refractivity contribution < 1.29 is 9.84 Å². The largest absolute Gasteiger partial charge is 0.490 e. The molecule has 2 rings (SSSR count). The molecule has 0 amide bonds. The van der Waals surface area contributed by atoms with Gasteiger partial charge in [-0.3, -0.25) is 4.90 Å². The Morgan fingerprint density at radius 1 is 1.29 bits per heavy atom. The molecule has 1 aliphatic heterocycles. The first-order valence-electron chi connectivity index (χ1n) is 7.22. The second kappa shape index (κ2) is 7.65. The fourth-order valence-electron chi connectivity index (χ4n) is 2.74. The first-order valence-corrected chi connectivity index (χ1v) is 7.98. The van der Waals surface area contributed by atoms with E-state index < -0.39 is 6.10 Å². The normalized spacial score (nSPS) is 20.2. The average Bonchev–Trinajstić information content (AvgIpc) is 2.45. The van der Waals surface area contributed by atoms with E-state index in [-0.39, 0.29) is 12.3 Å². The fourth-order valence-corrected chi connectivity index (χ4v) is 3.03. The first-order chi connectivity index (χ1) is 10.0. The molecule has 1 aliphatic rings. The molecule has 1 unspecified atom stereocenters. The molecular weight excluding hydrogens is 311 g/mol. The maximum absolute atomic E-state index is 9.76. The third-order valence-corrected chi connectivity index (χ3v) is 4.56. The predicted molar refractivity (Wildman–Crippen MR) is 86.2 cm³/mol. The summed E-state index contributed by atoms with van der Waals surface area (Å²) < 4.78 is 5.96. The van der Waals surface area contributed by atoms with E-state index in [4.69, 9.17) is 27.9 Å². The number of hydrogen-bond donors (Lipinski definition) is 2. The third kappa shape index (κ3) is 4.47. The van der Waals surface area contributed by atoms with Crippen LogP contribution in [0.5, 0.6) is 5.75 Å². The van der Waals surface area contributed by atoms with E-state index in [9.17, 15) is 5.11 Å². The maximum atomic E-state index is 9.76. The molecule has 2 N–H and O–H groups in total. The minimum Gasteiger partial charge on any atom is -0.490 e. The number of likely N-dealkylation sites (N-methyl/N-ethyl adjacent to an activating group) is 1. The summed E-state index contributed by atoms with van der Waals surface area (Å²) in [6.45, 7) is 3.59. The van der Waals surface area contributed by atoms with Crippen LogP contribution in [0.3, 0.4) is 0 Å². The lowest BCUT2D eigenvalue weighted by Crippen LogP contribution is -2.54. The fraction of sp³-hybridized carbons (Fsp3) is 0.600. The Balaban J connectivity index is 1.87. The van der Waals surface area contributed by atoms with Crippen LogP contribution in [0, 0.1) is 0 Å². The molecule has 2 atom stereocenters. The molecule has 1 fully saturated rings. The lowest BCUT2D eigenvalue weighted by Gasteiger charge is -2.38. The number of rotatable bonds is 5. The summed E-state index contributed by atoms with van der Waals surface area (Å²) in [7, 11) is 1.87. The highest BCUT2D eigenvalue weighted by atomic mass is 35.5. The van der Waals surface area contributed by atoms with Gasteiger partial charge in [-0.15, -0.1) is 0 Å². The molecule has 0 saturated carbocycles. The number of hydrogen-bond acceptors (Lipinski definition) is 4. The average molecular weight is 333 g/mol. The van der Waals surface area contributed by atoms with Gasteiger partial charge in [0.15, 0.2) is 0 Å². The quantitative estimate of drug-likeness (QED) is 0.870. The number of aliphatic hydroxyl groups excluding tert-OH is 1. The zero-order chi connectivity index (χ0) is 15.4. The lowest BCUT2D eigenvalue weighted by atomic mass is 10.1. The molecule has 0 bridgehead atoms. The van der Waals surface area contributed by atoms with Gasteiger partial charge in [-0.25, -0.2) is 0 Å². The van der Waals surface area contributed by atoms with E-state index in [2.05, 4.69) is 10.2 Å². The molecule has 4 nitrogen and oxygen atoms in total. The van der Waals surface area contributed by atoms with Crippen LogP contribution >= 0.6 is 23.2 Å². The van der Waals surface area contributed by atoms with Crippen LogP contribution in [0.25, 0.3) is 0 Å². The second-order valence-electron chi connectivity index (χ2n) is 5.40. The van der Waals surface area contributed by atoms with E-state index >= 15 is 0 Å². The predicted octanol–water partition coefficient (Wildman–Crippen LogP) is 2.76. The molecule has 1 aromatic carbocycles. The maximum Gasteiger partial charge on any atom is 0.121 e. The smallest absolute Gasteiger partial charge is 0.121 e. The second-order valence-corrected chi connectivity index (χ2v) is 6.22. The highest BCUT2D eigenvalue weighted by Gasteiger charge is 2.27. The Morgan fingerprint density at radius 2 is 1.95 bits per heavy atom. The lowest BCUT2D eigenvalue weighted by molar-refractivity contribution is 0.00938. The summed E-state index contributed by atoms with van der Waals surface area (Å²) in [6, 6.07) is 5.34. The summed E-state index contributed by atoms with van der Waals surface area (Å²) in [5, 5.41) is 14.0. The molecule has 1 heterocycles. The molecule has 1 aromatic rings. The van der Waals surface area contributed by atoms with Crippen molar-refractivity contribution in [3.8, 4) is 5.75 Å². The van der Waals surface area contributed by atoms with Crippen molar-refractivity contribution in [1.29, 1.82) is 0 Å². The van der Waals surface area contributed by atoms with Crippen LogP contribution < -0.4 is 10.1 Å². The van der Waals surface area contributed by atoms with Crippen molar-refractivity contribution in [3.63, 3.8) is 0 Å². The van der Waals surface area contributed by atoms with Crippen molar-refractivity contribution in [2.45, 2.75) is 38.1 Å². The Morgan fingerprint density at radius 3 is 2.48 bits per heavy atom. The number of halogens is 2. The zero-order valence-corrected chi connectivity index (χ0v) is 13.9. The first kappa shape index (κ1) is 16.8. The zero-order valence-electron chi connectivity index (χ0n) is 12.4. The summed E-state index contributed by atoms with van der Waals surface area (Å²) in [5.74, 6) is 0.753. The van der Waals surface area contributed by atoms with Crippen LogP contribution in [-0.4, -0.2) is 48.5 Å². The van der Waals surface area contributed by atoms with E-state index in [0.29, 0.717) is 10.0 Å². The Bertz CT molecular complexity index is 463. The summed E-state index contributed by atoms with van der Waals surface area (Å²) in [6.07, 6.45) is 1.61. The van der Waals surface area contributed by atoms with Gasteiger partial charge >= 0.3 is 0 Å². The number of benzene rings is 1. The Hall–Kier alpha value is -0.520. The van der Waals surface area contributed by atoms with Gasteiger partial charge in [-0.2, -0.15) is 0 Å². The SMILES string of the molecule is CNC([C@@H](C)O)N1CCC(Oc2ccc(Cl)c(Cl)c2)CC1. The third-order valence-electron chi connectivity index (χ3n) is 3.82. The van der Waals surface area contributed by atoms with Crippen LogP contribution in [0.15, 0.2) is 18.2 Å². The molecule has 0 radical (unpaired) electrons. The molecule has 0 spiro atoms. The number of aliphatic hydroxyl groups is 1. The van der Waals surface area contributed by atoms with Gasteiger partial charge in [0.25, 0.3) is 0 Å². The molecule has 0 aromatic heterocycles. The molecular formula is C15H22Cl2N2O2. The minimum absolute atomic E-state index is 0.00377. The Kier molecular flexibility index (Phi) is 6.14. The Labute approximate surface area is 136 Å².